The molecule has 0 aromatic heterocycles. The number of nitrogens with two attached hydrogens (primary N) is 1. The van der Waals surface area contributed by atoms with Crippen LogP contribution in [0.15, 0.2) is 18.2 Å². The van der Waals surface area contributed by atoms with Gasteiger partial charge < -0.3 is 25.4 Å². The number of hydrogen-bond donors (Lipinski definition) is 3. The first-order chi connectivity index (χ1) is 14.0. The first-order valence-electron chi connectivity index (χ1n) is 10.0. The third-order valence-corrected chi connectivity index (χ3v) is 6.33. The van der Waals surface area contributed by atoms with Crippen LogP contribution in [0.5, 0.6) is 0 Å². The number of fused-ring (bicyclic) bond motifs is 2. The molecule has 0 bridgehead atoms. The number of nitrogens with one attached hydrogen (secondary N) is 2. The van der Waals surface area contributed by atoms with Crippen LogP contribution in [0, 0.1) is 0 Å². The van der Waals surface area contributed by atoms with Crippen molar-refractivity contribution >= 4 is 17.7 Å². The van der Waals surface area contributed by atoms with Crippen LogP contribution >= 0.6 is 0 Å². The number of nitrogens with zero attached hydrogens (tertiary/aromatic N) is 1. The first kappa shape index (κ1) is 18.7. The van der Waals surface area contributed by atoms with Crippen LogP contribution in [0.25, 0.3) is 0 Å². The third kappa shape index (κ3) is 3.14. The summed E-state index contributed by atoms with van der Waals surface area (Å²) in [5.74, 6) is -0.845. The van der Waals surface area contributed by atoms with Gasteiger partial charge in [-0.3, -0.25) is 19.7 Å². The molecule has 0 spiro atoms. The van der Waals surface area contributed by atoms with Gasteiger partial charge in [-0.05, 0) is 23.6 Å². The second-order valence-corrected chi connectivity index (χ2v) is 8.09. The van der Waals surface area contributed by atoms with E-state index >= 15 is 0 Å². The number of amides is 3. The zero-order chi connectivity index (χ0) is 20.1. The second-order valence-electron chi connectivity index (χ2n) is 8.09. The highest BCUT2D eigenvalue weighted by molar-refractivity contribution is 6.05. The number of hydrogen-bond acceptors (Lipinski definition) is 7. The molecule has 1 aromatic carbocycles. The molecule has 4 aliphatic rings. The Balaban J connectivity index is 1.30. The van der Waals surface area contributed by atoms with Crippen LogP contribution in [-0.2, 0) is 32.2 Å². The van der Waals surface area contributed by atoms with Gasteiger partial charge in [0.25, 0.3) is 5.91 Å². The Kier molecular flexibility index (Phi) is 4.62. The van der Waals surface area contributed by atoms with Crippen molar-refractivity contribution in [2.75, 3.05) is 13.2 Å². The van der Waals surface area contributed by atoms with Gasteiger partial charge in [-0.25, -0.2) is 0 Å². The Bertz CT molecular complexity index is 874. The number of benzene rings is 1. The van der Waals surface area contributed by atoms with Crippen LogP contribution in [0.1, 0.15) is 34.3 Å². The monoisotopic (exact) mass is 400 g/mol. The molecule has 154 valence electrons. The van der Waals surface area contributed by atoms with Crippen molar-refractivity contribution in [1.82, 2.24) is 15.5 Å². The third-order valence-electron chi connectivity index (χ3n) is 6.33. The summed E-state index contributed by atoms with van der Waals surface area (Å²) in [6.45, 7) is 1.98. The highest BCUT2D eigenvalue weighted by Gasteiger charge is 2.46. The van der Waals surface area contributed by atoms with Crippen LogP contribution in [0.2, 0.25) is 0 Å². The fourth-order valence-corrected chi connectivity index (χ4v) is 4.76. The van der Waals surface area contributed by atoms with Crippen LogP contribution in [-0.4, -0.2) is 66.2 Å². The predicted octanol–water partition coefficient (Wildman–Crippen LogP) is -0.969. The van der Waals surface area contributed by atoms with Gasteiger partial charge in [-0.15, -0.1) is 0 Å². The van der Waals surface area contributed by atoms with E-state index in [2.05, 4.69) is 10.6 Å². The maximum atomic E-state index is 12.9. The first-order valence-corrected chi connectivity index (χ1v) is 10.0. The van der Waals surface area contributed by atoms with E-state index in [1.165, 1.54) is 0 Å². The fourth-order valence-electron chi connectivity index (χ4n) is 4.76. The Hall–Kier alpha value is -2.33. The van der Waals surface area contributed by atoms with Gasteiger partial charge in [-0.2, -0.15) is 0 Å². The molecular formula is C20H24N4O5. The second kappa shape index (κ2) is 7.17. The summed E-state index contributed by atoms with van der Waals surface area (Å²) in [7, 11) is 0. The minimum Gasteiger partial charge on any atom is -0.372 e. The van der Waals surface area contributed by atoms with E-state index in [0.29, 0.717) is 38.3 Å². The molecule has 3 amide bonds. The molecule has 9 nitrogen and oxygen atoms in total. The quantitative estimate of drug-likeness (QED) is 0.556. The smallest absolute Gasteiger partial charge is 0.255 e. The van der Waals surface area contributed by atoms with E-state index < -0.39 is 11.9 Å². The summed E-state index contributed by atoms with van der Waals surface area (Å²) in [6.07, 6.45) is 0.483. The van der Waals surface area contributed by atoms with E-state index in [9.17, 15) is 14.4 Å². The Morgan fingerprint density at radius 1 is 1.17 bits per heavy atom. The van der Waals surface area contributed by atoms with Gasteiger partial charge in [0.1, 0.15) is 18.2 Å². The molecule has 5 rings (SSSR count). The summed E-state index contributed by atoms with van der Waals surface area (Å²) in [5, 5.41) is 5.82. The van der Waals surface area contributed by atoms with Crippen molar-refractivity contribution in [3.63, 3.8) is 0 Å². The maximum absolute atomic E-state index is 12.9. The van der Waals surface area contributed by atoms with Gasteiger partial charge >= 0.3 is 0 Å². The number of imide groups is 1. The molecule has 1 unspecified atom stereocenters. The molecule has 0 radical (unpaired) electrons. The highest BCUT2D eigenvalue weighted by atomic mass is 16.6. The highest BCUT2D eigenvalue weighted by Crippen LogP contribution is 2.31. The van der Waals surface area contributed by atoms with Gasteiger partial charge in [0.15, 0.2) is 0 Å². The fraction of sp³-hybridized carbons (Fsp3) is 0.550. The number of rotatable bonds is 4. The van der Waals surface area contributed by atoms with Gasteiger partial charge in [0, 0.05) is 25.1 Å². The lowest BCUT2D eigenvalue weighted by Gasteiger charge is -2.29. The van der Waals surface area contributed by atoms with Crippen molar-refractivity contribution in [2.24, 2.45) is 5.73 Å². The summed E-state index contributed by atoms with van der Waals surface area (Å²) >= 11 is 0. The Morgan fingerprint density at radius 3 is 2.83 bits per heavy atom. The normalized spacial score (nSPS) is 33.8. The SMILES string of the molecule is N[C@H]1CO[C@H]2[C@@H]1OC[C@@H]2NCc1cccc2c1CN(C1CCC(=O)NC1=O)C2=O. The standard InChI is InChI=1S/C20H24N4O5/c21-13-8-28-18-14(9-29-17(13)18)22-6-10-2-1-3-11-12(10)7-24(20(11)27)15-4-5-16(25)23-19(15)26/h1-3,13-15,17-18,22H,4-9,21H2,(H,23,25,26)/t13-,14-,15?,17+,18+/m0/s1. The van der Waals surface area contributed by atoms with E-state index in [1.54, 1.807) is 11.0 Å². The minimum atomic E-state index is -0.606. The molecule has 0 aliphatic carbocycles. The Labute approximate surface area is 167 Å². The maximum Gasteiger partial charge on any atom is 0.255 e. The molecule has 4 N–H and O–H groups in total. The van der Waals surface area contributed by atoms with E-state index in [1.807, 2.05) is 12.1 Å². The zero-order valence-corrected chi connectivity index (χ0v) is 15.9. The van der Waals surface area contributed by atoms with E-state index in [-0.39, 0.29) is 42.5 Å². The lowest BCUT2D eigenvalue weighted by molar-refractivity contribution is -0.136. The van der Waals surface area contributed by atoms with Crippen molar-refractivity contribution < 1.29 is 23.9 Å². The molecule has 4 aliphatic heterocycles. The number of piperidine rings is 1. The molecule has 9 heteroatoms. The van der Waals surface area contributed by atoms with Crippen LogP contribution in [0.3, 0.4) is 0 Å². The zero-order valence-electron chi connectivity index (χ0n) is 15.9. The average Bonchev–Trinajstić information content (AvgIpc) is 3.37. The van der Waals surface area contributed by atoms with Crippen molar-refractivity contribution in [2.45, 2.75) is 56.3 Å². The average molecular weight is 400 g/mol. The summed E-state index contributed by atoms with van der Waals surface area (Å²) in [4.78, 5) is 38.1. The summed E-state index contributed by atoms with van der Waals surface area (Å²) in [6, 6.07) is 4.99. The molecular weight excluding hydrogens is 376 g/mol. The largest absolute Gasteiger partial charge is 0.372 e. The number of carbonyl (C=O) groups excluding carboxylic acids is 3. The topological polar surface area (TPSA) is 123 Å². The molecule has 3 fully saturated rings. The molecule has 1 aromatic rings. The Morgan fingerprint density at radius 2 is 2.00 bits per heavy atom. The molecule has 3 saturated heterocycles. The number of ether oxygens (including phenoxy) is 2. The number of carbonyl (C=O) groups is 3. The minimum absolute atomic E-state index is 0.0488. The van der Waals surface area contributed by atoms with Crippen LogP contribution in [0.4, 0.5) is 0 Å². The lowest BCUT2D eigenvalue weighted by Crippen LogP contribution is -2.52. The van der Waals surface area contributed by atoms with E-state index in [0.717, 1.165) is 11.1 Å². The molecule has 4 heterocycles. The molecule has 0 saturated carbocycles. The van der Waals surface area contributed by atoms with Gasteiger partial charge in [0.2, 0.25) is 11.8 Å². The predicted molar refractivity (Wildman–Crippen MR) is 101 cm³/mol. The summed E-state index contributed by atoms with van der Waals surface area (Å²) in [5.41, 5.74) is 8.56. The van der Waals surface area contributed by atoms with Gasteiger partial charge in [-0.1, -0.05) is 12.1 Å². The van der Waals surface area contributed by atoms with Crippen molar-refractivity contribution in [3.8, 4) is 0 Å². The molecule has 29 heavy (non-hydrogen) atoms. The van der Waals surface area contributed by atoms with Crippen molar-refractivity contribution in [3.05, 3.63) is 34.9 Å². The lowest BCUT2D eigenvalue weighted by atomic mass is 10.0. The van der Waals surface area contributed by atoms with Crippen molar-refractivity contribution in [1.29, 1.82) is 0 Å². The van der Waals surface area contributed by atoms with Gasteiger partial charge in [0.05, 0.1) is 25.3 Å². The van der Waals surface area contributed by atoms with Crippen LogP contribution < -0.4 is 16.4 Å². The summed E-state index contributed by atoms with van der Waals surface area (Å²) < 4.78 is 11.5. The van der Waals surface area contributed by atoms with E-state index in [4.69, 9.17) is 15.2 Å². The molecule has 5 atom stereocenters.